The van der Waals surface area contributed by atoms with E-state index in [1.807, 2.05) is 38.1 Å². The first kappa shape index (κ1) is 18.4. The maximum atomic E-state index is 11.4. The summed E-state index contributed by atoms with van der Waals surface area (Å²) in [6, 6.07) is 7.60. The highest BCUT2D eigenvalue weighted by atomic mass is 16.5. The third-order valence-corrected chi connectivity index (χ3v) is 3.90. The Morgan fingerprint density at radius 3 is 2.70 bits per heavy atom. The number of hydrogen-bond acceptors (Lipinski definition) is 6. The molecular formula is C19H22N6O2. The van der Waals surface area contributed by atoms with Crippen molar-refractivity contribution >= 4 is 17.4 Å². The Kier molecular flexibility index (Phi) is 5.35. The number of carbonyl (C=O) groups is 1. The number of carbonyl (C=O) groups excluding carboxylic acids is 1. The van der Waals surface area contributed by atoms with E-state index in [1.165, 1.54) is 6.92 Å². The second kappa shape index (κ2) is 7.86. The molecule has 1 amide bonds. The Labute approximate surface area is 157 Å². The van der Waals surface area contributed by atoms with Gasteiger partial charge in [0.25, 0.3) is 0 Å². The zero-order chi connectivity index (χ0) is 19.4. The largest absolute Gasteiger partial charge is 0.495 e. The summed E-state index contributed by atoms with van der Waals surface area (Å²) in [6.45, 7) is 5.90. The molecule has 0 bridgehead atoms. The quantitative estimate of drug-likeness (QED) is 0.697. The molecule has 0 aliphatic heterocycles. The average Bonchev–Trinajstić information content (AvgIpc) is 2.98. The zero-order valence-corrected chi connectivity index (χ0v) is 15.8. The van der Waals surface area contributed by atoms with Crippen LogP contribution in [0.5, 0.6) is 5.75 Å². The van der Waals surface area contributed by atoms with E-state index in [0.717, 1.165) is 17.0 Å². The van der Waals surface area contributed by atoms with Crippen LogP contribution in [0.1, 0.15) is 23.9 Å². The van der Waals surface area contributed by atoms with Gasteiger partial charge < -0.3 is 15.4 Å². The number of ether oxygens (including phenoxy) is 1. The fourth-order valence-electron chi connectivity index (χ4n) is 2.75. The van der Waals surface area contributed by atoms with Crippen LogP contribution in [-0.4, -0.2) is 32.8 Å². The average molecular weight is 366 g/mol. The molecule has 3 rings (SSSR count). The minimum Gasteiger partial charge on any atom is -0.495 e. The van der Waals surface area contributed by atoms with Crippen molar-refractivity contribution in [3.63, 3.8) is 0 Å². The Bertz CT molecular complexity index is 967. The number of hydrogen-bond donors (Lipinski definition) is 2. The van der Waals surface area contributed by atoms with Crippen molar-refractivity contribution in [1.82, 2.24) is 19.7 Å². The van der Waals surface area contributed by atoms with Gasteiger partial charge in [-0.1, -0.05) is 6.07 Å². The van der Waals surface area contributed by atoms with E-state index in [2.05, 4.69) is 25.7 Å². The van der Waals surface area contributed by atoms with Gasteiger partial charge in [0.05, 0.1) is 30.9 Å². The molecule has 0 saturated heterocycles. The van der Waals surface area contributed by atoms with Gasteiger partial charge in [-0.05, 0) is 37.6 Å². The molecule has 2 aromatic heterocycles. The lowest BCUT2D eigenvalue weighted by molar-refractivity contribution is -0.114. The zero-order valence-electron chi connectivity index (χ0n) is 15.8. The van der Waals surface area contributed by atoms with Crippen LogP contribution in [0.25, 0.3) is 5.82 Å². The summed E-state index contributed by atoms with van der Waals surface area (Å²) in [5.74, 6) is 1.75. The van der Waals surface area contributed by atoms with Crippen molar-refractivity contribution in [2.45, 2.75) is 27.3 Å². The van der Waals surface area contributed by atoms with Crippen LogP contribution in [0, 0.1) is 13.8 Å². The van der Waals surface area contributed by atoms with E-state index >= 15 is 0 Å². The van der Waals surface area contributed by atoms with E-state index in [9.17, 15) is 4.79 Å². The number of anilines is 2. The second-order valence-electron chi connectivity index (χ2n) is 6.17. The number of nitrogens with zero attached hydrogens (tertiary/aromatic N) is 4. The van der Waals surface area contributed by atoms with Crippen molar-refractivity contribution in [2.75, 3.05) is 17.7 Å². The topological polar surface area (TPSA) is 94.0 Å². The van der Waals surface area contributed by atoms with Gasteiger partial charge in [-0.25, -0.2) is 9.67 Å². The minimum absolute atomic E-state index is 0.151. The molecule has 0 saturated carbocycles. The van der Waals surface area contributed by atoms with Gasteiger partial charge in [0.15, 0.2) is 5.82 Å². The van der Waals surface area contributed by atoms with E-state index < -0.39 is 0 Å². The summed E-state index contributed by atoms with van der Waals surface area (Å²) in [6.07, 6.45) is 3.33. The van der Waals surface area contributed by atoms with Gasteiger partial charge in [-0.2, -0.15) is 5.10 Å². The van der Waals surface area contributed by atoms with Gasteiger partial charge >= 0.3 is 0 Å². The van der Waals surface area contributed by atoms with Crippen molar-refractivity contribution < 1.29 is 9.53 Å². The Morgan fingerprint density at radius 1 is 1.22 bits per heavy atom. The van der Waals surface area contributed by atoms with Crippen LogP contribution < -0.4 is 15.4 Å². The molecule has 2 heterocycles. The SMILES string of the molecule is COc1ccc(CNc2cncc(-n3nc(C)cc3C)n2)cc1NC(C)=O. The molecule has 0 atom stereocenters. The molecular weight excluding hydrogens is 344 g/mol. The van der Waals surface area contributed by atoms with Gasteiger partial charge in [0.2, 0.25) is 5.91 Å². The van der Waals surface area contributed by atoms with E-state index in [1.54, 1.807) is 24.2 Å². The summed E-state index contributed by atoms with van der Waals surface area (Å²) in [4.78, 5) is 20.2. The maximum absolute atomic E-state index is 11.4. The van der Waals surface area contributed by atoms with Crippen molar-refractivity contribution in [1.29, 1.82) is 0 Å². The number of nitrogens with one attached hydrogen (secondary N) is 2. The summed E-state index contributed by atoms with van der Waals surface area (Å²) in [7, 11) is 1.57. The normalized spacial score (nSPS) is 10.5. The lowest BCUT2D eigenvalue weighted by Gasteiger charge is -2.12. The lowest BCUT2D eigenvalue weighted by Crippen LogP contribution is -2.09. The molecule has 1 aromatic carbocycles. The number of aromatic nitrogens is 4. The molecule has 140 valence electrons. The van der Waals surface area contributed by atoms with Gasteiger partial charge in [0, 0.05) is 19.2 Å². The maximum Gasteiger partial charge on any atom is 0.221 e. The first-order chi connectivity index (χ1) is 13.0. The number of amides is 1. The number of rotatable bonds is 6. The predicted octanol–water partition coefficient (Wildman–Crippen LogP) is 2.86. The van der Waals surface area contributed by atoms with Crippen LogP contribution in [0.2, 0.25) is 0 Å². The summed E-state index contributed by atoms with van der Waals surface area (Å²) in [5, 5.41) is 10.4. The molecule has 8 nitrogen and oxygen atoms in total. The smallest absolute Gasteiger partial charge is 0.221 e. The van der Waals surface area contributed by atoms with E-state index in [0.29, 0.717) is 29.6 Å². The molecule has 0 fully saturated rings. The summed E-state index contributed by atoms with van der Waals surface area (Å²) in [5.41, 5.74) is 3.52. The predicted molar refractivity (Wildman–Crippen MR) is 103 cm³/mol. The fraction of sp³-hybridized carbons (Fsp3) is 0.263. The highest BCUT2D eigenvalue weighted by molar-refractivity contribution is 5.90. The fourth-order valence-corrected chi connectivity index (χ4v) is 2.75. The van der Waals surface area contributed by atoms with Gasteiger partial charge in [-0.3, -0.25) is 9.78 Å². The van der Waals surface area contributed by atoms with Crippen molar-refractivity contribution in [2.24, 2.45) is 0 Å². The van der Waals surface area contributed by atoms with E-state index in [4.69, 9.17) is 4.74 Å². The van der Waals surface area contributed by atoms with Gasteiger partial charge in [0.1, 0.15) is 11.6 Å². The van der Waals surface area contributed by atoms with Crippen LogP contribution in [-0.2, 0) is 11.3 Å². The molecule has 0 aliphatic carbocycles. The standard InChI is InChI=1S/C19H22N6O2/c1-12-7-13(2)25(24-12)19-11-20-10-18(23-19)21-9-15-5-6-17(27-4)16(8-15)22-14(3)26/h5-8,10-11H,9H2,1-4H3,(H,21,23)(H,22,26). The second-order valence-corrected chi connectivity index (χ2v) is 6.17. The van der Waals surface area contributed by atoms with Crippen molar-refractivity contribution in [3.8, 4) is 11.6 Å². The molecule has 27 heavy (non-hydrogen) atoms. The number of aryl methyl sites for hydroxylation is 2. The van der Waals surface area contributed by atoms with Crippen LogP contribution in [0.4, 0.5) is 11.5 Å². The molecule has 0 aliphatic rings. The molecule has 8 heteroatoms. The Morgan fingerprint density at radius 2 is 2.04 bits per heavy atom. The Balaban J connectivity index is 1.76. The number of benzene rings is 1. The van der Waals surface area contributed by atoms with Crippen LogP contribution >= 0.6 is 0 Å². The van der Waals surface area contributed by atoms with Crippen molar-refractivity contribution in [3.05, 3.63) is 53.6 Å². The first-order valence-corrected chi connectivity index (χ1v) is 8.50. The summed E-state index contributed by atoms with van der Waals surface area (Å²) >= 11 is 0. The first-order valence-electron chi connectivity index (χ1n) is 8.50. The highest BCUT2D eigenvalue weighted by Crippen LogP contribution is 2.25. The van der Waals surface area contributed by atoms with Crippen LogP contribution in [0.15, 0.2) is 36.7 Å². The van der Waals surface area contributed by atoms with E-state index in [-0.39, 0.29) is 5.91 Å². The molecule has 0 radical (unpaired) electrons. The molecule has 2 N–H and O–H groups in total. The molecule has 3 aromatic rings. The molecule has 0 unspecified atom stereocenters. The molecule has 0 spiro atoms. The monoisotopic (exact) mass is 366 g/mol. The highest BCUT2D eigenvalue weighted by Gasteiger charge is 2.08. The third-order valence-electron chi connectivity index (χ3n) is 3.90. The van der Waals surface area contributed by atoms with Gasteiger partial charge in [-0.15, -0.1) is 0 Å². The van der Waals surface area contributed by atoms with Crippen LogP contribution in [0.3, 0.4) is 0 Å². The summed E-state index contributed by atoms with van der Waals surface area (Å²) < 4.78 is 7.03. The third kappa shape index (κ3) is 4.41. The lowest BCUT2D eigenvalue weighted by atomic mass is 10.2. The minimum atomic E-state index is -0.151. The Hall–Kier alpha value is -3.42. The number of methoxy groups -OCH3 is 1.